The van der Waals surface area contributed by atoms with Crippen molar-refractivity contribution in [2.24, 2.45) is 11.1 Å². The molecule has 1 spiro atoms. The molecule has 0 aromatic heterocycles. The van der Waals surface area contributed by atoms with Gasteiger partial charge in [0.05, 0.1) is 0 Å². The highest BCUT2D eigenvalue weighted by atomic mass is 15.1. The van der Waals surface area contributed by atoms with E-state index in [2.05, 4.69) is 17.0 Å². The molecule has 0 amide bonds. The zero-order valence-electron chi connectivity index (χ0n) is 12.9. The number of nitrogens with two attached hydrogens (primary N) is 1. The second-order valence-electron chi connectivity index (χ2n) is 6.95. The Morgan fingerprint density at radius 3 is 2.48 bits per heavy atom. The van der Waals surface area contributed by atoms with E-state index in [4.69, 9.17) is 11.1 Å². The quantitative estimate of drug-likeness (QED) is 0.659. The van der Waals surface area contributed by atoms with Gasteiger partial charge in [0.2, 0.25) is 0 Å². The summed E-state index contributed by atoms with van der Waals surface area (Å²) in [5, 5.41) is 7.55. The van der Waals surface area contributed by atoms with E-state index in [0.29, 0.717) is 5.41 Å². The minimum atomic E-state index is 0.164. The molecular weight excluding hydrogens is 258 g/mol. The van der Waals surface area contributed by atoms with E-state index in [0.717, 1.165) is 12.1 Å². The van der Waals surface area contributed by atoms with Crippen molar-refractivity contribution in [1.82, 2.24) is 4.90 Å². The number of likely N-dealkylation sites (tertiary alicyclic amines) is 1. The first kappa shape index (κ1) is 14.6. The van der Waals surface area contributed by atoms with Gasteiger partial charge in [-0.05, 0) is 55.8 Å². The molecule has 3 nitrogen and oxygen atoms in total. The molecule has 1 aromatic carbocycles. The minimum absolute atomic E-state index is 0.164. The number of hydrogen-bond donors (Lipinski definition) is 2. The highest BCUT2D eigenvalue weighted by molar-refractivity contribution is 5.95. The largest absolute Gasteiger partial charge is 0.384 e. The number of rotatable bonds is 3. The lowest BCUT2D eigenvalue weighted by Gasteiger charge is -2.44. The molecule has 1 heterocycles. The van der Waals surface area contributed by atoms with Crippen molar-refractivity contribution in [1.29, 1.82) is 5.41 Å². The van der Waals surface area contributed by atoms with Crippen LogP contribution in [0.5, 0.6) is 0 Å². The number of nitrogens with zero attached hydrogens (tertiary/aromatic N) is 1. The number of piperidine rings is 1. The molecule has 2 fully saturated rings. The summed E-state index contributed by atoms with van der Waals surface area (Å²) in [6.07, 6.45) is 10.0. The maximum Gasteiger partial charge on any atom is 0.122 e. The lowest BCUT2D eigenvalue weighted by Crippen LogP contribution is -2.40. The fraction of sp³-hybridized carbons (Fsp3) is 0.611. The minimum Gasteiger partial charge on any atom is -0.384 e. The van der Waals surface area contributed by atoms with Crippen molar-refractivity contribution in [3.63, 3.8) is 0 Å². The lowest BCUT2D eigenvalue weighted by molar-refractivity contribution is 0.0641. The first-order valence-corrected chi connectivity index (χ1v) is 8.33. The summed E-state index contributed by atoms with van der Waals surface area (Å²) in [5.74, 6) is 0.164. The second-order valence-corrected chi connectivity index (χ2v) is 6.95. The van der Waals surface area contributed by atoms with Gasteiger partial charge in [-0.2, -0.15) is 0 Å². The highest BCUT2D eigenvalue weighted by Crippen LogP contribution is 2.44. The van der Waals surface area contributed by atoms with Crippen molar-refractivity contribution in [2.75, 3.05) is 13.1 Å². The van der Waals surface area contributed by atoms with Crippen LogP contribution in [0, 0.1) is 10.8 Å². The van der Waals surface area contributed by atoms with Gasteiger partial charge in [-0.3, -0.25) is 10.3 Å². The average molecular weight is 285 g/mol. The molecule has 21 heavy (non-hydrogen) atoms. The van der Waals surface area contributed by atoms with Crippen molar-refractivity contribution in [3.8, 4) is 0 Å². The summed E-state index contributed by atoms with van der Waals surface area (Å²) < 4.78 is 0. The number of amidine groups is 1. The summed E-state index contributed by atoms with van der Waals surface area (Å²) in [6, 6.07) is 8.14. The van der Waals surface area contributed by atoms with E-state index in [1.54, 1.807) is 0 Å². The Hall–Kier alpha value is -1.35. The Morgan fingerprint density at radius 2 is 1.81 bits per heavy atom. The molecule has 0 radical (unpaired) electrons. The van der Waals surface area contributed by atoms with Crippen LogP contribution >= 0.6 is 0 Å². The summed E-state index contributed by atoms with van der Waals surface area (Å²) in [6.45, 7) is 3.45. The zero-order valence-corrected chi connectivity index (χ0v) is 12.9. The molecule has 0 atom stereocenters. The first-order valence-electron chi connectivity index (χ1n) is 8.33. The molecule has 3 heteroatoms. The molecule has 0 bridgehead atoms. The molecule has 3 N–H and O–H groups in total. The Bertz CT molecular complexity index is 493. The van der Waals surface area contributed by atoms with Gasteiger partial charge in [-0.25, -0.2) is 0 Å². The highest BCUT2D eigenvalue weighted by Gasteiger charge is 2.35. The molecule has 2 aliphatic rings. The Morgan fingerprint density at radius 1 is 1.10 bits per heavy atom. The van der Waals surface area contributed by atoms with Gasteiger partial charge in [0.25, 0.3) is 0 Å². The number of nitrogen functional groups attached to an aromatic ring is 1. The standard InChI is InChI=1S/C18H27N3/c19-17(20)16-6-4-5-15(13-16)14-21-11-9-18(10-12-21)7-2-1-3-8-18/h4-6,13H,1-3,7-12,14H2,(H3,19,20). The summed E-state index contributed by atoms with van der Waals surface area (Å²) in [5.41, 5.74) is 8.38. The fourth-order valence-electron chi connectivity index (χ4n) is 4.08. The van der Waals surface area contributed by atoms with Crippen LogP contribution in [0.1, 0.15) is 56.1 Å². The van der Waals surface area contributed by atoms with Crippen LogP contribution in [0.4, 0.5) is 0 Å². The molecule has 0 unspecified atom stereocenters. The van der Waals surface area contributed by atoms with Crippen LogP contribution in [-0.4, -0.2) is 23.8 Å². The lowest BCUT2D eigenvalue weighted by atomic mass is 9.68. The summed E-state index contributed by atoms with van der Waals surface area (Å²) >= 11 is 0. The summed E-state index contributed by atoms with van der Waals surface area (Å²) in [4.78, 5) is 2.57. The third-order valence-corrected chi connectivity index (χ3v) is 5.48. The van der Waals surface area contributed by atoms with Gasteiger partial charge in [0.15, 0.2) is 0 Å². The van der Waals surface area contributed by atoms with E-state index >= 15 is 0 Å². The normalized spacial score (nSPS) is 22.3. The van der Waals surface area contributed by atoms with Crippen LogP contribution in [0.2, 0.25) is 0 Å². The molecule has 1 aromatic rings. The van der Waals surface area contributed by atoms with Crippen LogP contribution in [0.3, 0.4) is 0 Å². The van der Waals surface area contributed by atoms with Crippen molar-refractivity contribution in [2.45, 2.75) is 51.5 Å². The average Bonchev–Trinajstić information content (AvgIpc) is 2.51. The maximum absolute atomic E-state index is 7.55. The van der Waals surface area contributed by atoms with Gasteiger partial charge >= 0.3 is 0 Å². The number of benzene rings is 1. The van der Waals surface area contributed by atoms with Gasteiger partial charge in [0, 0.05) is 12.1 Å². The fourth-order valence-corrected chi connectivity index (χ4v) is 4.08. The van der Waals surface area contributed by atoms with Crippen molar-refractivity contribution >= 4 is 5.84 Å². The van der Waals surface area contributed by atoms with E-state index < -0.39 is 0 Å². The zero-order chi connectivity index (χ0) is 14.7. The van der Waals surface area contributed by atoms with Crippen LogP contribution in [0.25, 0.3) is 0 Å². The second kappa shape index (κ2) is 6.18. The van der Waals surface area contributed by atoms with Gasteiger partial charge in [-0.15, -0.1) is 0 Å². The maximum atomic E-state index is 7.55. The third kappa shape index (κ3) is 3.46. The molecule has 1 aliphatic heterocycles. The Kier molecular flexibility index (Phi) is 4.29. The van der Waals surface area contributed by atoms with Gasteiger partial charge in [-0.1, -0.05) is 37.5 Å². The van der Waals surface area contributed by atoms with E-state index in [1.807, 2.05) is 12.1 Å². The molecule has 114 valence electrons. The van der Waals surface area contributed by atoms with Crippen molar-refractivity contribution in [3.05, 3.63) is 35.4 Å². The number of hydrogen-bond acceptors (Lipinski definition) is 2. The van der Waals surface area contributed by atoms with Crippen LogP contribution < -0.4 is 5.73 Å². The third-order valence-electron chi connectivity index (χ3n) is 5.48. The van der Waals surface area contributed by atoms with Crippen molar-refractivity contribution < 1.29 is 0 Å². The first-order chi connectivity index (χ1) is 10.2. The molecule has 1 saturated heterocycles. The Balaban J connectivity index is 1.57. The predicted molar refractivity (Wildman–Crippen MR) is 87.5 cm³/mol. The van der Waals surface area contributed by atoms with Gasteiger partial charge in [0.1, 0.15) is 5.84 Å². The summed E-state index contributed by atoms with van der Waals surface area (Å²) in [7, 11) is 0. The van der Waals surface area contributed by atoms with Crippen LogP contribution in [-0.2, 0) is 6.54 Å². The smallest absolute Gasteiger partial charge is 0.122 e. The number of nitrogens with one attached hydrogen (secondary N) is 1. The SMILES string of the molecule is N=C(N)c1cccc(CN2CCC3(CCCCC3)CC2)c1. The predicted octanol–water partition coefficient (Wildman–Crippen LogP) is 3.52. The Labute approximate surface area is 128 Å². The molecule has 1 aliphatic carbocycles. The molecule has 1 saturated carbocycles. The topological polar surface area (TPSA) is 53.1 Å². The van der Waals surface area contributed by atoms with Gasteiger partial charge < -0.3 is 5.73 Å². The molecule has 3 rings (SSSR count). The monoisotopic (exact) mass is 285 g/mol. The van der Waals surface area contributed by atoms with Crippen LogP contribution in [0.15, 0.2) is 24.3 Å². The molecular formula is C18H27N3. The van der Waals surface area contributed by atoms with E-state index in [9.17, 15) is 0 Å². The van der Waals surface area contributed by atoms with E-state index in [-0.39, 0.29) is 5.84 Å². The van der Waals surface area contributed by atoms with E-state index in [1.165, 1.54) is 63.6 Å².